The first-order valence-electron chi connectivity index (χ1n) is 4.82. The van der Waals surface area contributed by atoms with Gasteiger partial charge in [0.05, 0.1) is 6.54 Å². The Morgan fingerprint density at radius 1 is 1.50 bits per heavy atom. The van der Waals surface area contributed by atoms with Crippen molar-refractivity contribution in [2.75, 3.05) is 7.05 Å². The minimum absolute atomic E-state index is 0.131. The summed E-state index contributed by atoms with van der Waals surface area (Å²) in [6.45, 7) is 4.01. The molecule has 0 saturated carbocycles. The van der Waals surface area contributed by atoms with Crippen molar-refractivity contribution in [2.24, 2.45) is 0 Å². The van der Waals surface area contributed by atoms with E-state index in [0.717, 1.165) is 0 Å². The van der Waals surface area contributed by atoms with E-state index in [-0.39, 0.29) is 15.6 Å². The summed E-state index contributed by atoms with van der Waals surface area (Å²) in [6.07, 6.45) is 0. The Kier molecular flexibility index (Phi) is 4.54. The third kappa shape index (κ3) is 3.31. The van der Waals surface area contributed by atoms with Crippen LogP contribution in [0, 0.1) is 0 Å². The molecule has 0 radical (unpaired) electrons. The van der Waals surface area contributed by atoms with Gasteiger partial charge < -0.3 is 9.73 Å². The highest BCUT2D eigenvalue weighted by molar-refractivity contribution is 9.10. The zero-order valence-corrected chi connectivity index (χ0v) is 11.8. The summed E-state index contributed by atoms with van der Waals surface area (Å²) in [7, 11) is -1.75. The number of nitrogens with one attached hydrogen (secondary N) is 2. The minimum atomic E-state index is -3.51. The molecular weight excluding hydrogens is 296 g/mol. The lowest BCUT2D eigenvalue weighted by Crippen LogP contribution is -2.30. The van der Waals surface area contributed by atoms with E-state index in [1.807, 2.05) is 0 Å². The van der Waals surface area contributed by atoms with Gasteiger partial charge in [0.25, 0.3) is 0 Å². The van der Waals surface area contributed by atoms with Gasteiger partial charge in [-0.05, 0) is 36.8 Å². The van der Waals surface area contributed by atoms with Crippen LogP contribution in [0.4, 0.5) is 0 Å². The van der Waals surface area contributed by atoms with Crippen LogP contribution in [0.2, 0.25) is 0 Å². The fourth-order valence-electron chi connectivity index (χ4n) is 1.22. The smallest absolute Gasteiger partial charge is 0.245 e. The zero-order valence-electron chi connectivity index (χ0n) is 9.37. The third-order valence-corrected chi connectivity index (χ3v) is 4.25. The molecule has 0 spiro atoms. The highest BCUT2D eigenvalue weighted by atomic mass is 79.9. The van der Waals surface area contributed by atoms with Gasteiger partial charge in [0.1, 0.15) is 10.7 Å². The van der Waals surface area contributed by atoms with Gasteiger partial charge >= 0.3 is 0 Å². The average molecular weight is 311 g/mol. The largest absolute Gasteiger partial charge is 0.452 e. The summed E-state index contributed by atoms with van der Waals surface area (Å²) < 4.78 is 31.7. The van der Waals surface area contributed by atoms with Crippen LogP contribution in [-0.2, 0) is 16.6 Å². The SMILES string of the molecule is CNCc1cc(S(=O)(=O)NC(C)C)c(Br)o1. The molecule has 92 valence electrons. The van der Waals surface area contributed by atoms with Crippen LogP contribution in [0.3, 0.4) is 0 Å². The minimum Gasteiger partial charge on any atom is -0.452 e. The Balaban J connectivity index is 3.03. The first-order chi connectivity index (χ1) is 7.36. The number of rotatable bonds is 5. The van der Waals surface area contributed by atoms with Gasteiger partial charge in [-0.25, -0.2) is 13.1 Å². The quantitative estimate of drug-likeness (QED) is 0.863. The molecule has 1 aromatic heterocycles. The lowest BCUT2D eigenvalue weighted by Gasteiger charge is -2.07. The molecule has 0 aliphatic carbocycles. The number of hydrogen-bond donors (Lipinski definition) is 2. The lowest BCUT2D eigenvalue weighted by atomic mass is 10.4. The monoisotopic (exact) mass is 310 g/mol. The van der Waals surface area contributed by atoms with Crippen LogP contribution >= 0.6 is 15.9 Å². The number of halogens is 1. The second-order valence-electron chi connectivity index (χ2n) is 3.66. The zero-order chi connectivity index (χ0) is 12.3. The molecule has 0 saturated heterocycles. The van der Waals surface area contributed by atoms with Crippen molar-refractivity contribution in [3.05, 3.63) is 16.5 Å². The highest BCUT2D eigenvalue weighted by Gasteiger charge is 2.22. The van der Waals surface area contributed by atoms with Crippen LogP contribution in [0.5, 0.6) is 0 Å². The molecule has 0 aliphatic rings. The van der Waals surface area contributed by atoms with Crippen molar-refractivity contribution in [3.63, 3.8) is 0 Å². The number of furan rings is 1. The fraction of sp³-hybridized carbons (Fsp3) is 0.556. The van der Waals surface area contributed by atoms with Crippen molar-refractivity contribution in [1.29, 1.82) is 0 Å². The molecule has 2 N–H and O–H groups in total. The second-order valence-corrected chi connectivity index (χ2v) is 6.06. The predicted octanol–water partition coefficient (Wildman–Crippen LogP) is 1.45. The van der Waals surface area contributed by atoms with Gasteiger partial charge in [0, 0.05) is 12.1 Å². The van der Waals surface area contributed by atoms with Gasteiger partial charge in [-0.3, -0.25) is 0 Å². The van der Waals surface area contributed by atoms with Crippen LogP contribution in [-0.4, -0.2) is 21.5 Å². The summed E-state index contributed by atoms with van der Waals surface area (Å²) in [6, 6.07) is 1.35. The molecule has 1 rings (SSSR count). The normalized spacial score (nSPS) is 12.3. The van der Waals surface area contributed by atoms with Crippen LogP contribution in [0.25, 0.3) is 0 Å². The topological polar surface area (TPSA) is 71.3 Å². The van der Waals surface area contributed by atoms with E-state index in [1.54, 1.807) is 20.9 Å². The van der Waals surface area contributed by atoms with E-state index in [2.05, 4.69) is 26.0 Å². The van der Waals surface area contributed by atoms with Gasteiger partial charge in [-0.2, -0.15) is 0 Å². The van der Waals surface area contributed by atoms with Crippen LogP contribution < -0.4 is 10.0 Å². The van der Waals surface area contributed by atoms with E-state index in [1.165, 1.54) is 6.07 Å². The van der Waals surface area contributed by atoms with Crippen molar-refractivity contribution in [3.8, 4) is 0 Å². The van der Waals surface area contributed by atoms with Crippen molar-refractivity contribution in [1.82, 2.24) is 10.0 Å². The molecule has 1 heterocycles. The van der Waals surface area contributed by atoms with Crippen LogP contribution in [0.15, 0.2) is 20.0 Å². The van der Waals surface area contributed by atoms with Crippen LogP contribution in [0.1, 0.15) is 19.6 Å². The molecule has 1 aromatic rings. The standard InChI is InChI=1S/C9H15BrN2O3S/c1-6(2)12-16(13,14)8-4-7(5-11-3)15-9(8)10/h4,6,11-12H,5H2,1-3H3. The van der Waals surface area contributed by atoms with Gasteiger partial charge in [0.15, 0.2) is 4.67 Å². The Bertz CT molecular complexity index is 453. The predicted molar refractivity (Wildman–Crippen MR) is 64.6 cm³/mol. The molecule has 7 heteroatoms. The maximum absolute atomic E-state index is 11.9. The molecule has 16 heavy (non-hydrogen) atoms. The summed E-state index contributed by atoms with van der Waals surface area (Å²) in [5, 5.41) is 2.89. The molecule has 0 amide bonds. The molecule has 0 fully saturated rings. The molecule has 0 atom stereocenters. The third-order valence-electron chi connectivity index (χ3n) is 1.74. The molecule has 0 aliphatic heterocycles. The lowest BCUT2D eigenvalue weighted by molar-refractivity contribution is 0.470. The van der Waals surface area contributed by atoms with Gasteiger partial charge in [0.2, 0.25) is 10.0 Å². The summed E-state index contributed by atoms with van der Waals surface area (Å²) in [5.41, 5.74) is 0. The summed E-state index contributed by atoms with van der Waals surface area (Å²) in [5.74, 6) is 0.568. The first-order valence-corrected chi connectivity index (χ1v) is 7.09. The maximum atomic E-state index is 11.9. The van der Waals surface area contributed by atoms with E-state index in [9.17, 15) is 8.42 Å². The van der Waals surface area contributed by atoms with Gasteiger partial charge in [-0.15, -0.1) is 0 Å². The average Bonchev–Trinajstić information content (AvgIpc) is 2.45. The van der Waals surface area contributed by atoms with E-state index >= 15 is 0 Å². The molecule has 5 nitrogen and oxygen atoms in total. The molecular formula is C9H15BrN2O3S. The summed E-state index contributed by atoms with van der Waals surface area (Å²) in [4.78, 5) is 0.131. The molecule has 0 bridgehead atoms. The van der Waals surface area contributed by atoms with Crippen molar-refractivity contribution in [2.45, 2.75) is 31.3 Å². The van der Waals surface area contributed by atoms with E-state index in [0.29, 0.717) is 12.3 Å². The summed E-state index contributed by atoms with van der Waals surface area (Å²) >= 11 is 3.10. The van der Waals surface area contributed by atoms with Crippen molar-refractivity contribution >= 4 is 26.0 Å². The number of sulfonamides is 1. The maximum Gasteiger partial charge on any atom is 0.245 e. The Hall–Kier alpha value is -0.370. The number of hydrogen-bond acceptors (Lipinski definition) is 4. The Morgan fingerprint density at radius 2 is 2.12 bits per heavy atom. The fourth-order valence-corrected chi connectivity index (χ4v) is 3.46. The Morgan fingerprint density at radius 3 is 2.62 bits per heavy atom. The molecule has 0 unspecified atom stereocenters. The second kappa shape index (κ2) is 5.31. The van der Waals surface area contributed by atoms with Gasteiger partial charge in [-0.1, -0.05) is 0 Å². The first kappa shape index (κ1) is 13.7. The van der Waals surface area contributed by atoms with E-state index < -0.39 is 10.0 Å². The molecule has 0 aromatic carbocycles. The van der Waals surface area contributed by atoms with Crippen molar-refractivity contribution < 1.29 is 12.8 Å². The highest BCUT2D eigenvalue weighted by Crippen LogP contribution is 2.26. The Labute approximate surface area is 104 Å². The van der Waals surface area contributed by atoms with E-state index in [4.69, 9.17) is 4.42 Å².